The predicted molar refractivity (Wildman–Crippen MR) is 61.6 cm³/mol. The van der Waals surface area contributed by atoms with Crippen LogP contribution in [0.1, 0.15) is 5.56 Å². The minimum absolute atomic E-state index is 0.109. The molecule has 0 amide bonds. The van der Waals surface area contributed by atoms with Crippen LogP contribution in [0.5, 0.6) is 0 Å². The highest BCUT2D eigenvalue weighted by Crippen LogP contribution is 2.25. The number of hydrogen-bond acceptors (Lipinski definition) is 3. The highest BCUT2D eigenvalue weighted by molar-refractivity contribution is 7.99. The first-order chi connectivity index (χ1) is 7.15. The first-order valence-electron chi connectivity index (χ1n) is 4.81. The Kier molecular flexibility index (Phi) is 5.08. The lowest BCUT2D eigenvalue weighted by Gasteiger charge is -2.11. The van der Waals surface area contributed by atoms with Crippen LogP contribution in [0.3, 0.4) is 0 Å². The van der Waals surface area contributed by atoms with Crippen molar-refractivity contribution in [2.45, 2.75) is 11.5 Å². The summed E-state index contributed by atoms with van der Waals surface area (Å²) in [5, 5.41) is 9.06. The van der Waals surface area contributed by atoms with Gasteiger partial charge in [0.15, 0.2) is 0 Å². The molecule has 0 heterocycles. The second-order valence-electron chi connectivity index (χ2n) is 3.54. The van der Waals surface area contributed by atoms with Crippen molar-refractivity contribution in [3.05, 3.63) is 29.6 Å². The van der Waals surface area contributed by atoms with Gasteiger partial charge in [-0.15, -0.1) is 11.8 Å². The van der Waals surface area contributed by atoms with Gasteiger partial charge < -0.3 is 10.0 Å². The Morgan fingerprint density at radius 1 is 1.40 bits per heavy atom. The van der Waals surface area contributed by atoms with Gasteiger partial charge in [-0.25, -0.2) is 4.39 Å². The summed E-state index contributed by atoms with van der Waals surface area (Å²) in [4.78, 5) is 2.62. The Morgan fingerprint density at radius 2 is 2.13 bits per heavy atom. The zero-order valence-electron chi connectivity index (χ0n) is 9.03. The Bertz CT molecular complexity index is 317. The summed E-state index contributed by atoms with van der Waals surface area (Å²) in [7, 11) is 3.96. The Hall–Kier alpha value is -0.580. The molecule has 0 fully saturated rings. The molecule has 1 N–H and O–H groups in total. The van der Waals surface area contributed by atoms with Gasteiger partial charge in [0.25, 0.3) is 0 Å². The second kappa shape index (κ2) is 6.10. The van der Waals surface area contributed by atoms with E-state index in [9.17, 15) is 4.39 Å². The number of hydrogen-bond donors (Lipinski definition) is 1. The van der Waals surface area contributed by atoms with Crippen molar-refractivity contribution < 1.29 is 9.50 Å². The molecule has 1 aromatic rings. The van der Waals surface area contributed by atoms with Gasteiger partial charge in [-0.1, -0.05) is 12.1 Å². The van der Waals surface area contributed by atoms with E-state index in [0.29, 0.717) is 10.5 Å². The van der Waals surface area contributed by atoms with Crippen molar-refractivity contribution in [1.82, 2.24) is 4.90 Å². The van der Waals surface area contributed by atoms with Crippen LogP contribution < -0.4 is 0 Å². The number of rotatable bonds is 5. The summed E-state index contributed by atoms with van der Waals surface area (Å²) in [6, 6.07) is 4.80. The summed E-state index contributed by atoms with van der Waals surface area (Å²) < 4.78 is 13.4. The number of benzene rings is 1. The quantitative estimate of drug-likeness (QED) is 0.781. The number of aliphatic hydroxyl groups is 1. The van der Waals surface area contributed by atoms with Gasteiger partial charge in [0.2, 0.25) is 0 Å². The highest BCUT2D eigenvalue weighted by Gasteiger charge is 2.07. The standard InChI is InChI=1S/C11H16FNOS/c1-13(2)6-7-15-11-9(8-14)4-3-5-10(11)12/h3-5,14H,6-8H2,1-2H3. The van der Waals surface area contributed by atoms with Crippen LogP contribution in [0.2, 0.25) is 0 Å². The van der Waals surface area contributed by atoms with Gasteiger partial charge in [-0.2, -0.15) is 0 Å². The summed E-state index contributed by atoms with van der Waals surface area (Å²) in [6.07, 6.45) is 0. The van der Waals surface area contributed by atoms with Crippen molar-refractivity contribution in [2.75, 3.05) is 26.4 Å². The first-order valence-corrected chi connectivity index (χ1v) is 5.79. The highest BCUT2D eigenvalue weighted by atomic mass is 32.2. The molecule has 0 saturated heterocycles. The Morgan fingerprint density at radius 3 is 2.73 bits per heavy atom. The van der Waals surface area contributed by atoms with Crippen molar-refractivity contribution in [3.63, 3.8) is 0 Å². The van der Waals surface area contributed by atoms with Crippen molar-refractivity contribution in [1.29, 1.82) is 0 Å². The molecular formula is C11H16FNOS. The van der Waals surface area contributed by atoms with E-state index in [-0.39, 0.29) is 12.4 Å². The topological polar surface area (TPSA) is 23.5 Å². The second-order valence-corrected chi connectivity index (χ2v) is 4.64. The third-order valence-electron chi connectivity index (χ3n) is 2.00. The molecule has 0 aliphatic carbocycles. The fraction of sp³-hybridized carbons (Fsp3) is 0.455. The molecule has 84 valence electrons. The Labute approximate surface area is 94.1 Å². The molecule has 0 unspecified atom stereocenters. The van der Waals surface area contributed by atoms with E-state index in [1.807, 2.05) is 19.0 Å². The fourth-order valence-corrected chi connectivity index (χ4v) is 2.35. The van der Waals surface area contributed by atoms with Gasteiger partial charge in [0.1, 0.15) is 5.82 Å². The summed E-state index contributed by atoms with van der Waals surface area (Å²) >= 11 is 1.45. The SMILES string of the molecule is CN(C)CCSc1c(F)cccc1CO. The molecule has 0 atom stereocenters. The molecule has 0 radical (unpaired) electrons. The molecule has 0 bridgehead atoms. The third-order valence-corrected chi connectivity index (χ3v) is 3.14. The van der Waals surface area contributed by atoms with Gasteiger partial charge in [0.05, 0.1) is 6.61 Å². The first kappa shape index (κ1) is 12.5. The third kappa shape index (κ3) is 3.81. The van der Waals surface area contributed by atoms with Crippen LogP contribution in [0.4, 0.5) is 4.39 Å². The molecule has 2 nitrogen and oxygen atoms in total. The number of aliphatic hydroxyl groups excluding tert-OH is 1. The van der Waals surface area contributed by atoms with Crippen LogP contribution in [0.15, 0.2) is 23.1 Å². The maximum Gasteiger partial charge on any atom is 0.137 e. The van der Waals surface area contributed by atoms with Gasteiger partial charge in [-0.3, -0.25) is 0 Å². The van der Waals surface area contributed by atoms with Crippen molar-refractivity contribution in [3.8, 4) is 0 Å². The molecule has 4 heteroatoms. The van der Waals surface area contributed by atoms with E-state index in [2.05, 4.69) is 0 Å². The molecule has 0 spiro atoms. The molecule has 0 saturated carbocycles. The lowest BCUT2D eigenvalue weighted by molar-refractivity contribution is 0.277. The van der Waals surface area contributed by atoms with E-state index >= 15 is 0 Å². The van der Waals surface area contributed by atoms with Crippen LogP contribution in [0.25, 0.3) is 0 Å². The van der Waals surface area contributed by atoms with E-state index in [0.717, 1.165) is 12.3 Å². The number of halogens is 1. The van der Waals surface area contributed by atoms with Gasteiger partial charge >= 0.3 is 0 Å². The molecule has 15 heavy (non-hydrogen) atoms. The lowest BCUT2D eigenvalue weighted by atomic mass is 10.2. The molecular weight excluding hydrogens is 213 g/mol. The van der Waals surface area contributed by atoms with Crippen molar-refractivity contribution >= 4 is 11.8 Å². The molecule has 0 aliphatic heterocycles. The monoisotopic (exact) mass is 229 g/mol. The van der Waals surface area contributed by atoms with Gasteiger partial charge in [-0.05, 0) is 25.7 Å². The normalized spacial score (nSPS) is 11.0. The van der Waals surface area contributed by atoms with Gasteiger partial charge in [0, 0.05) is 17.2 Å². The molecule has 1 rings (SSSR count). The minimum Gasteiger partial charge on any atom is -0.392 e. The summed E-state index contributed by atoms with van der Waals surface area (Å²) in [5.41, 5.74) is 0.666. The smallest absolute Gasteiger partial charge is 0.137 e. The minimum atomic E-state index is -0.245. The average molecular weight is 229 g/mol. The van der Waals surface area contributed by atoms with E-state index < -0.39 is 0 Å². The van der Waals surface area contributed by atoms with Crippen molar-refractivity contribution in [2.24, 2.45) is 0 Å². The Balaban J connectivity index is 2.66. The molecule has 0 aliphatic rings. The van der Waals surface area contributed by atoms with Crippen LogP contribution in [-0.2, 0) is 6.61 Å². The molecule has 0 aromatic heterocycles. The largest absolute Gasteiger partial charge is 0.392 e. The maximum absolute atomic E-state index is 13.4. The zero-order chi connectivity index (χ0) is 11.3. The van der Waals surface area contributed by atoms with Crippen LogP contribution >= 0.6 is 11.8 Å². The van der Waals surface area contributed by atoms with E-state index in [1.54, 1.807) is 12.1 Å². The number of thioether (sulfide) groups is 1. The average Bonchev–Trinajstić information content (AvgIpc) is 2.20. The predicted octanol–water partition coefficient (Wildman–Crippen LogP) is 1.97. The number of nitrogens with zero attached hydrogens (tertiary/aromatic N) is 1. The lowest BCUT2D eigenvalue weighted by Crippen LogP contribution is -2.15. The fourth-order valence-electron chi connectivity index (χ4n) is 1.17. The van der Waals surface area contributed by atoms with E-state index in [4.69, 9.17) is 5.11 Å². The van der Waals surface area contributed by atoms with Crippen LogP contribution in [-0.4, -0.2) is 36.4 Å². The summed E-state index contributed by atoms with van der Waals surface area (Å²) in [5.74, 6) is 0.575. The molecule has 1 aromatic carbocycles. The van der Waals surface area contributed by atoms with E-state index in [1.165, 1.54) is 17.8 Å². The zero-order valence-corrected chi connectivity index (χ0v) is 9.85. The maximum atomic E-state index is 13.4. The summed E-state index contributed by atoms with van der Waals surface area (Å²) in [6.45, 7) is 0.784. The van der Waals surface area contributed by atoms with Crippen LogP contribution in [0, 0.1) is 5.82 Å².